The lowest BCUT2D eigenvalue weighted by molar-refractivity contribution is 1.41. The molecule has 9 rings (SSSR count). The first-order valence-electron chi connectivity index (χ1n) is 15.5. The molecular formula is C42H26N4S. The van der Waals surface area contributed by atoms with E-state index >= 15 is 0 Å². The Balaban J connectivity index is 1.37. The van der Waals surface area contributed by atoms with Crippen LogP contribution in [-0.2, 0) is 0 Å². The Labute approximate surface area is 277 Å². The van der Waals surface area contributed by atoms with Gasteiger partial charge in [0.15, 0.2) is 0 Å². The number of fused-ring (bicyclic) bond motifs is 4. The van der Waals surface area contributed by atoms with Crippen LogP contribution in [0.4, 0.5) is 0 Å². The third-order valence-electron chi connectivity index (χ3n) is 8.61. The van der Waals surface area contributed by atoms with Crippen LogP contribution >= 0.6 is 11.3 Å². The van der Waals surface area contributed by atoms with Crippen molar-refractivity contribution in [2.24, 2.45) is 20.0 Å². The van der Waals surface area contributed by atoms with E-state index in [-0.39, 0.29) is 0 Å². The molecule has 8 bridgehead atoms. The largest absolute Gasteiger partial charge is 0.248 e. The number of aliphatic imine (C=N–C) groups is 4. The molecule has 5 aliphatic rings. The number of nitrogens with zero attached hydrogens (tertiary/aromatic N) is 4. The van der Waals surface area contributed by atoms with Gasteiger partial charge in [0.25, 0.3) is 0 Å². The monoisotopic (exact) mass is 618 g/mol. The van der Waals surface area contributed by atoms with Crippen molar-refractivity contribution in [3.63, 3.8) is 0 Å². The van der Waals surface area contributed by atoms with Crippen LogP contribution in [0.1, 0.15) is 22.3 Å². The molecular weight excluding hydrogens is 593 g/mol. The molecule has 4 nitrogen and oxygen atoms in total. The fraction of sp³-hybridized carbons (Fsp3) is 0. The minimum atomic E-state index is 0.865. The summed E-state index contributed by atoms with van der Waals surface area (Å²) in [6.07, 6.45) is 16.8. The number of rotatable bonds is 4. The van der Waals surface area contributed by atoms with Crippen LogP contribution in [0.25, 0.3) is 22.3 Å². The normalized spacial score (nSPS) is 18.0. The summed E-state index contributed by atoms with van der Waals surface area (Å²) in [6, 6.07) is 33.4. The second-order valence-corrected chi connectivity index (χ2v) is 12.3. The number of hydrogen-bond donors (Lipinski definition) is 0. The highest BCUT2D eigenvalue weighted by Gasteiger charge is 2.27. The standard InChI is InChI=1S/C42H26N4S/c1-4-10-27(11-5-1)39-31-16-18-33(43-31)40(28-12-6-2-7-13-28)35-20-22-37(45-35)42(30-24-25-47-26-30)38-23-21-36(46-38)41(29-14-8-3-9-15-29)34-19-17-32(39)44-34/h1-26H. The topological polar surface area (TPSA) is 49.4 Å². The molecule has 1 aromatic heterocycles. The predicted octanol–water partition coefficient (Wildman–Crippen LogP) is 9.75. The zero-order valence-electron chi connectivity index (χ0n) is 25.2. The van der Waals surface area contributed by atoms with Crippen LogP contribution in [0.15, 0.2) is 199 Å². The average molecular weight is 619 g/mol. The first kappa shape index (κ1) is 27.3. The third-order valence-corrected chi connectivity index (χ3v) is 9.29. The van der Waals surface area contributed by atoms with Crippen LogP contribution in [0.5, 0.6) is 0 Å². The van der Waals surface area contributed by atoms with Crippen molar-refractivity contribution in [2.45, 2.75) is 0 Å². The lowest BCUT2D eigenvalue weighted by atomic mass is 9.98. The third kappa shape index (κ3) is 4.85. The molecule has 0 unspecified atom stereocenters. The summed E-state index contributed by atoms with van der Waals surface area (Å²) in [6.45, 7) is 0. The van der Waals surface area contributed by atoms with Crippen molar-refractivity contribution in [3.8, 4) is 0 Å². The first-order valence-corrected chi connectivity index (χ1v) is 16.5. The van der Waals surface area contributed by atoms with Crippen molar-refractivity contribution in [1.29, 1.82) is 0 Å². The highest BCUT2D eigenvalue weighted by atomic mass is 32.1. The second-order valence-electron chi connectivity index (χ2n) is 11.5. The smallest absolute Gasteiger partial charge is 0.0738 e. The molecule has 0 N–H and O–H groups in total. The Morgan fingerprint density at radius 2 is 0.638 bits per heavy atom. The van der Waals surface area contributed by atoms with Gasteiger partial charge in [-0.3, -0.25) is 0 Å². The van der Waals surface area contributed by atoms with E-state index in [1.807, 2.05) is 18.2 Å². The summed E-state index contributed by atoms with van der Waals surface area (Å²) in [5.41, 5.74) is 15.2. The molecule has 220 valence electrons. The van der Waals surface area contributed by atoms with E-state index in [0.717, 1.165) is 90.2 Å². The Hall–Kier alpha value is -6.04. The summed E-state index contributed by atoms with van der Waals surface area (Å²) in [4.78, 5) is 21.2. The van der Waals surface area contributed by atoms with E-state index in [9.17, 15) is 0 Å². The summed E-state index contributed by atoms with van der Waals surface area (Å²) >= 11 is 1.67. The maximum atomic E-state index is 5.30. The molecule has 0 radical (unpaired) electrons. The van der Waals surface area contributed by atoms with Crippen LogP contribution in [0.2, 0.25) is 0 Å². The van der Waals surface area contributed by atoms with Crippen LogP contribution in [0, 0.1) is 0 Å². The molecule has 0 spiro atoms. The molecule has 6 heterocycles. The molecule has 5 aliphatic heterocycles. The average Bonchev–Trinajstić information content (AvgIpc) is 3.97. The Morgan fingerprint density at radius 1 is 0.319 bits per heavy atom. The van der Waals surface area contributed by atoms with Crippen LogP contribution < -0.4 is 0 Å². The van der Waals surface area contributed by atoms with Gasteiger partial charge in [0.2, 0.25) is 0 Å². The zero-order valence-corrected chi connectivity index (χ0v) is 26.0. The molecule has 47 heavy (non-hydrogen) atoms. The van der Waals surface area contributed by atoms with Gasteiger partial charge in [0.05, 0.1) is 45.6 Å². The summed E-state index contributed by atoms with van der Waals surface area (Å²) in [7, 11) is 0. The van der Waals surface area contributed by atoms with Crippen molar-refractivity contribution in [3.05, 3.63) is 201 Å². The van der Waals surface area contributed by atoms with Crippen molar-refractivity contribution in [2.75, 3.05) is 0 Å². The van der Waals surface area contributed by atoms with Gasteiger partial charge in [-0.1, -0.05) is 91.0 Å². The quantitative estimate of drug-likeness (QED) is 0.219. The lowest BCUT2D eigenvalue weighted by Crippen LogP contribution is -2.03. The minimum Gasteiger partial charge on any atom is -0.248 e. The van der Waals surface area contributed by atoms with Crippen molar-refractivity contribution >= 4 is 56.5 Å². The van der Waals surface area contributed by atoms with Gasteiger partial charge in [0.1, 0.15) is 0 Å². The molecule has 0 atom stereocenters. The Kier molecular flexibility index (Phi) is 6.61. The van der Waals surface area contributed by atoms with Crippen molar-refractivity contribution < 1.29 is 0 Å². The SMILES string of the molecule is C1=CC2=C(c3ccccc3)C3=NC(=C(c4ccccc4)C4=NC(=C(c5ccsc5)C5=NC(=C(c6ccccc6)C1=N2)C=C5)C=C4)C=C3. The fourth-order valence-corrected chi connectivity index (χ4v) is 7.14. The molecule has 5 heteroatoms. The molecule has 0 saturated carbocycles. The van der Waals surface area contributed by atoms with Crippen LogP contribution in [0.3, 0.4) is 0 Å². The van der Waals surface area contributed by atoms with Crippen molar-refractivity contribution in [1.82, 2.24) is 0 Å². The number of allylic oxidation sites excluding steroid dienone is 12. The molecule has 3 aromatic carbocycles. The van der Waals surface area contributed by atoms with E-state index < -0.39 is 0 Å². The molecule has 0 fully saturated rings. The molecule has 0 aliphatic carbocycles. The van der Waals surface area contributed by atoms with Crippen LogP contribution in [-0.4, -0.2) is 22.8 Å². The van der Waals surface area contributed by atoms with E-state index in [1.165, 1.54) is 0 Å². The van der Waals surface area contributed by atoms with Gasteiger partial charge in [-0.2, -0.15) is 11.3 Å². The van der Waals surface area contributed by atoms with E-state index in [4.69, 9.17) is 20.0 Å². The highest BCUT2D eigenvalue weighted by Crippen LogP contribution is 2.38. The fourth-order valence-electron chi connectivity index (χ4n) is 6.49. The second kappa shape index (κ2) is 11.4. The number of benzene rings is 3. The van der Waals surface area contributed by atoms with Gasteiger partial charge in [-0.05, 0) is 87.7 Å². The number of hydrogen-bond acceptors (Lipinski definition) is 5. The van der Waals surface area contributed by atoms with E-state index in [1.54, 1.807) is 11.3 Å². The van der Waals surface area contributed by atoms with Gasteiger partial charge in [0, 0.05) is 22.3 Å². The van der Waals surface area contributed by atoms with E-state index in [0.29, 0.717) is 0 Å². The molecule has 0 saturated heterocycles. The van der Waals surface area contributed by atoms with Gasteiger partial charge in [-0.15, -0.1) is 0 Å². The zero-order chi connectivity index (χ0) is 31.2. The van der Waals surface area contributed by atoms with Gasteiger partial charge in [-0.25, -0.2) is 20.0 Å². The lowest BCUT2D eigenvalue weighted by Gasteiger charge is -2.12. The Morgan fingerprint density at radius 3 is 0.936 bits per heavy atom. The summed E-state index contributed by atoms with van der Waals surface area (Å²) in [5.74, 6) is 0. The number of thiophene rings is 1. The minimum absolute atomic E-state index is 0.865. The summed E-state index contributed by atoms with van der Waals surface area (Å²) in [5, 5.41) is 4.26. The van der Waals surface area contributed by atoms with Gasteiger partial charge < -0.3 is 0 Å². The first-order chi connectivity index (χ1) is 23.3. The Bertz CT molecular complexity index is 2300. The molecule has 4 aromatic rings. The highest BCUT2D eigenvalue weighted by molar-refractivity contribution is 7.08. The maximum Gasteiger partial charge on any atom is 0.0738 e. The maximum absolute atomic E-state index is 5.30. The molecule has 0 amide bonds. The summed E-state index contributed by atoms with van der Waals surface area (Å²) < 4.78 is 0. The van der Waals surface area contributed by atoms with Gasteiger partial charge >= 0.3 is 0 Å². The predicted molar refractivity (Wildman–Crippen MR) is 198 cm³/mol. The van der Waals surface area contributed by atoms with E-state index in [2.05, 4.69) is 138 Å².